The molecule has 0 aliphatic heterocycles. The van der Waals surface area contributed by atoms with Crippen LogP contribution in [0.3, 0.4) is 0 Å². The quantitative estimate of drug-likeness (QED) is 0.534. The highest BCUT2D eigenvalue weighted by Crippen LogP contribution is 2.31. The highest BCUT2D eigenvalue weighted by molar-refractivity contribution is 9.10. The Hall–Kier alpha value is -2.03. The Morgan fingerprint density at radius 2 is 2.07 bits per heavy atom. The summed E-state index contributed by atoms with van der Waals surface area (Å²) < 4.78 is 0.976. The van der Waals surface area contributed by atoms with Crippen LogP contribution in [0.2, 0.25) is 0 Å². The summed E-state index contributed by atoms with van der Waals surface area (Å²) in [5.74, 6) is -1.98. The third-order valence-corrected chi connectivity index (χ3v) is 6.64. The molecule has 140 valence electrons. The lowest BCUT2D eigenvalue weighted by molar-refractivity contribution is -0.141. The molecule has 3 aromatic rings. The summed E-state index contributed by atoms with van der Waals surface area (Å²) in [6.07, 6.45) is 0.364. The minimum atomic E-state index is -0.931. The number of aryl methyl sites for hydroxylation is 1. The number of halogens is 1. The summed E-state index contributed by atoms with van der Waals surface area (Å²) in [5.41, 5.74) is 2.32. The number of thiophene rings is 1. The van der Waals surface area contributed by atoms with Gasteiger partial charge in [-0.2, -0.15) is 0 Å². The molecule has 2 heterocycles. The van der Waals surface area contributed by atoms with Crippen molar-refractivity contribution in [3.63, 3.8) is 0 Å². The van der Waals surface area contributed by atoms with E-state index in [0.717, 1.165) is 25.5 Å². The van der Waals surface area contributed by atoms with Gasteiger partial charge >= 0.3 is 5.97 Å². The van der Waals surface area contributed by atoms with Crippen molar-refractivity contribution in [3.05, 3.63) is 62.4 Å². The van der Waals surface area contributed by atoms with Gasteiger partial charge in [-0.3, -0.25) is 9.59 Å². The second-order valence-corrected chi connectivity index (χ2v) is 8.79. The van der Waals surface area contributed by atoms with Crippen molar-refractivity contribution in [2.24, 2.45) is 5.92 Å². The fourth-order valence-electron chi connectivity index (χ4n) is 2.59. The lowest BCUT2D eigenvalue weighted by atomic mass is 9.98. The Bertz CT molecular complexity index is 967. The first-order chi connectivity index (χ1) is 12.9. The number of hydrogen-bond acceptors (Lipinski definition) is 5. The van der Waals surface area contributed by atoms with E-state index >= 15 is 0 Å². The summed E-state index contributed by atoms with van der Waals surface area (Å²) in [6, 6.07) is 9.68. The number of hydrogen-bond donors (Lipinski definition) is 2. The smallest absolute Gasteiger partial charge is 0.308 e. The second-order valence-electron chi connectivity index (χ2n) is 6.11. The van der Waals surface area contributed by atoms with E-state index in [-0.39, 0.29) is 12.5 Å². The van der Waals surface area contributed by atoms with E-state index in [0.29, 0.717) is 12.1 Å². The van der Waals surface area contributed by atoms with E-state index in [4.69, 9.17) is 0 Å². The Morgan fingerprint density at radius 1 is 1.26 bits per heavy atom. The van der Waals surface area contributed by atoms with Crippen LogP contribution in [0.4, 0.5) is 0 Å². The molecule has 3 rings (SSSR count). The number of amides is 1. The van der Waals surface area contributed by atoms with E-state index in [9.17, 15) is 14.7 Å². The van der Waals surface area contributed by atoms with Gasteiger partial charge in [0.05, 0.1) is 10.8 Å². The Morgan fingerprint density at radius 3 is 2.74 bits per heavy atom. The monoisotopic (exact) mass is 464 g/mol. The molecule has 0 fully saturated rings. The zero-order valence-corrected chi connectivity index (χ0v) is 17.7. The number of nitrogens with one attached hydrogen (secondary N) is 1. The highest BCUT2D eigenvalue weighted by atomic mass is 79.9. The first kappa shape index (κ1) is 19.7. The number of aromatic nitrogens is 1. The molecule has 0 aliphatic rings. The molecule has 27 heavy (non-hydrogen) atoms. The maximum atomic E-state index is 12.4. The summed E-state index contributed by atoms with van der Waals surface area (Å²) in [6.45, 7) is 2.02. The first-order valence-corrected chi connectivity index (χ1v) is 10.7. The Labute approximate surface area is 173 Å². The van der Waals surface area contributed by atoms with Gasteiger partial charge in [0.25, 0.3) is 5.91 Å². The van der Waals surface area contributed by atoms with Crippen LogP contribution in [0, 0.1) is 12.8 Å². The topological polar surface area (TPSA) is 79.3 Å². The maximum Gasteiger partial charge on any atom is 0.308 e. The minimum Gasteiger partial charge on any atom is -0.481 e. The normalized spacial score (nSPS) is 11.9. The summed E-state index contributed by atoms with van der Waals surface area (Å²) in [7, 11) is 0. The van der Waals surface area contributed by atoms with Crippen LogP contribution in [-0.2, 0) is 11.2 Å². The van der Waals surface area contributed by atoms with Gasteiger partial charge in [-0.1, -0.05) is 29.8 Å². The second kappa shape index (κ2) is 8.77. The van der Waals surface area contributed by atoms with E-state index in [1.165, 1.54) is 11.3 Å². The van der Waals surface area contributed by atoms with E-state index in [2.05, 4.69) is 26.2 Å². The third kappa shape index (κ3) is 5.24. The van der Waals surface area contributed by atoms with Gasteiger partial charge in [0, 0.05) is 21.8 Å². The van der Waals surface area contributed by atoms with Crippen LogP contribution in [0.5, 0.6) is 0 Å². The van der Waals surface area contributed by atoms with E-state index in [1.54, 1.807) is 16.7 Å². The van der Waals surface area contributed by atoms with Crippen molar-refractivity contribution < 1.29 is 14.7 Å². The zero-order chi connectivity index (χ0) is 19.4. The summed E-state index contributed by atoms with van der Waals surface area (Å²) in [5, 5.41) is 16.6. The molecule has 1 atom stereocenters. The van der Waals surface area contributed by atoms with Crippen molar-refractivity contribution in [2.45, 2.75) is 13.3 Å². The molecule has 0 bridgehead atoms. The predicted molar refractivity (Wildman–Crippen MR) is 111 cm³/mol. The molecule has 1 unspecified atom stereocenters. The molecule has 1 amide bonds. The summed E-state index contributed by atoms with van der Waals surface area (Å²) in [4.78, 5) is 29.3. The van der Waals surface area contributed by atoms with Crippen molar-refractivity contribution in [3.8, 4) is 9.88 Å². The molecule has 0 saturated heterocycles. The molecular formula is C19H17BrN2O3S2. The Kier molecular flexibility index (Phi) is 6.41. The van der Waals surface area contributed by atoms with Crippen molar-refractivity contribution >= 4 is 50.5 Å². The number of carbonyl (C=O) groups excluding carboxylic acids is 1. The van der Waals surface area contributed by atoms with Gasteiger partial charge < -0.3 is 10.4 Å². The standard InChI is InChI=1S/C19H17BrN2O3S2/c1-11-3-2-4-12(5-11)6-13(19(24)25)8-21-17(23)15-10-27-18(22-15)16-7-14(20)9-26-16/h2-5,7,9-10,13H,6,8H2,1H3,(H,21,23)(H,24,25). The Balaban J connectivity index is 1.62. The van der Waals surface area contributed by atoms with Crippen LogP contribution in [0.25, 0.3) is 9.88 Å². The van der Waals surface area contributed by atoms with Gasteiger partial charge in [-0.25, -0.2) is 4.98 Å². The van der Waals surface area contributed by atoms with Crippen molar-refractivity contribution in [1.82, 2.24) is 10.3 Å². The number of carboxylic acid groups (broad SMARTS) is 1. The lowest BCUT2D eigenvalue weighted by Crippen LogP contribution is -2.34. The molecule has 1 aromatic carbocycles. The average Bonchev–Trinajstić information content (AvgIpc) is 3.27. The number of carboxylic acids is 1. The van der Waals surface area contributed by atoms with Gasteiger partial charge in [-0.15, -0.1) is 22.7 Å². The first-order valence-electron chi connectivity index (χ1n) is 8.19. The van der Waals surface area contributed by atoms with Crippen molar-refractivity contribution in [2.75, 3.05) is 6.54 Å². The highest BCUT2D eigenvalue weighted by Gasteiger charge is 2.20. The lowest BCUT2D eigenvalue weighted by Gasteiger charge is -2.13. The van der Waals surface area contributed by atoms with Crippen LogP contribution < -0.4 is 5.32 Å². The molecule has 0 radical (unpaired) electrons. The molecular weight excluding hydrogens is 448 g/mol. The van der Waals surface area contributed by atoms with Gasteiger partial charge in [-0.05, 0) is 40.9 Å². The third-order valence-electron chi connectivity index (χ3n) is 3.94. The van der Waals surface area contributed by atoms with Gasteiger partial charge in [0.1, 0.15) is 10.7 Å². The number of nitrogens with zero attached hydrogens (tertiary/aromatic N) is 1. The number of aliphatic carboxylic acids is 1. The number of thiazole rings is 1. The van der Waals surface area contributed by atoms with Gasteiger partial charge in [0.2, 0.25) is 0 Å². The predicted octanol–water partition coefficient (Wildman–Crippen LogP) is 4.62. The molecule has 8 heteroatoms. The average molecular weight is 465 g/mol. The largest absolute Gasteiger partial charge is 0.481 e. The van der Waals surface area contributed by atoms with Crippen LogP contribution in [0.1, 0.15) is 21.6 Å². The van der Waals surface area contributed by atoms with Crippen molar-refractivity contribution in [1.29, 1.82) is 0 Å². The van der Waals surface area contributed by atoms with Crippen LogP contribution >= 0.6 is 38.6 Å². The number of benzene rings is 1. The molecule has 0 saturated carbocycles. The fourth-order valence-corrected chi connectivity index (χ4v) is 4.90. The van der Waals surface area contributed by atoms with Crippen LogP contribution in [0.15, 0.2) is 45.6 Å². The van der Waals surface area contributed by atoms with E-state index in [1.807, 2.05) is 42.6 Å². The van der Waals surface area contributed by atoms with E-state index < -0.39 is 11.9 Å². The van der Waals surface area contributed by atoms with Gasteiger partial charge in [0.15, 0.2) is 0 Å². The molecule has 2 aromatic heterocycles. The number of carbonyl (C=O) groups is 2. The zero-order valence-electron chi connectivity index (χ0n) is 14.4. The molecule has 0 aliphatic carbocycles. The molecule has 5 nitrogen and oxygen atoms in total. The maximum absolute atomic E-state index is 12.4. The minimum absolute atomic E-state index is 0.0551. The molecule has 2 N–H and O–H groups in total. The summed E-state index contributed by atoms with van der Waals surface area (Å²) >= 11 is 6.34. The number of rotatable bonds is 7. The molecule has 0 spiro atoms. The SMILES string of the molecule is Cc1cccc(CC(CNC(=O)c2csc(-c3cc(Br)cs3)n2)C(=O)O)c1. The fraction of sp³-hybridized carbons (Fsp3) is 0.211. The van der Waals surface area contributed by atoms with Crippen LogP contribution in [-0.4, -0.2) is 28.5 Å².